The van der Waals surface area contributed by atoms with Crippen LogP contribution in [0.3, 0.4) is 0 Å². The maximum atomic E-state index is 13.0. The topological polar surface area (TPSA) is 46.9 Å². The number of aromatic nitrogens is 2. The first-order chi connectivity index (χ1) is 9.06. The van der Waals surface area contributed by atoms with E-state index in [0.29, 0.717) is 6.42 Å². The number of carbonyl (C=O) groups is 1. The molecule has 2 heterocycles. The lowest BCUT2D eigenvalue weighted by molar-refractivity contribution is -0.116. The molecule has 0 spiro atoms. The number of carbonyl (C=O) groups excluding carboxylic acids is 1. The Bertz CT molecular complexity index is 645. The third kappa shape index (κ3) is 1.91. The van der Waals surface area contributed by atoms with Crippen LogP contribution in [0, 0.1) is 12.7 Å². The van der Waals surface area contributed by atoms with Gasteiger partial charge in [-0.15, -0.1) is 0 Å². The molecule has 1 aliphatic heterocycles. The number of nitrogens with zero attached hydrogens (tertiary/aromatic N) is 2. The van der Waals surface area contributed by atoms with Gasteiger partial charge in [0, 0.05) is 24.9 Å². The molecule has 4 nitrogen and oxygen atoms in total. The third-order valence-corrected chi connectivity index (χ3v) is 3.54. The lowest BCUT2D eigenvalue weighted by Crippen LogP contribution is -2.24. The molecule has 98 valence electrons. The number of amides is 1. The molecular formula is C14H14FN3O. The van der Waals surface area contributed by atoms with Gasteiger partial charge in [0.15, 0.2) is 0 Å². The van der Waals surface area contributed by atoms with Crippen molar-refractivity contribution in [3.05, 3.63) is 46.9 Å². The van der Waals surface area contributed by atoms with Crippen molar-refractivity contribution >= 4 is 11.7 Å². The molecule has 2 aromatic rings. The molecule has 1 atom stereocenters. The number of rotatable bonds is 1. The van der Waals surface area contributed by atoms with E-state index in [1.54, 1.807) is 23.9 Å². The Balaban J connectivity index is 2.13. The Morgan fingerprint density at radius 1 is 1.37 bits per heavy atom. The molecule has 1 amide bonds. The van der Waals surface area contributed by atoms with Gasteiger partial charge in [0.2, 0.25) is 5.91 Å². The summed E-state index contributed by atoms with van der Waals surface area (Å²) >= 11 is 0. The van der Waals surface area contributed by atoms with Gasteiger partial charge < -0.3 is 5.32 Å². The van der Waals surface area contributed by atoms with E-state index in [0.717, 1.165) is 22.6 Å². The van der Waals surface area contributed by atoms with E-state index >= 15 is 0 Å². The zero-order valence-corrected chi connectivity index (χ0v) is 10.8. The van der Waals surface area contributed by atoms with Gasteiger partial charge in [-0.25, -0.2) is 4.39 Å². The number of halogens is 1. The van der Waals surface area contributed by atoms with Crippen molar-refractivity contribution in [1.29, 1.82) is 0 Å². The van der Waals surface area contributed by atoms with E-state index in [9.17, 15) is 9.18 Å². The second-order valence-corrected chi connectivity index (χ2v) is 4.83. The fourth-order valence-electron chi connectivity index (χ4n) is 2.69. The molecule has 1 aliphatic rings. The van der Waals surface area contributed by atoms with Gasteiger partial charge in [0.25, 0.3) is 0 Å². The van der Waals surface area contributed by atoms with Crippen LogP contribution in [0.15, 0.2) is 24.3 Å². The minimum atomic E-state index is -0.271. The SMILES string of the molecule is Cc1nn(C)c2c1[C@H](c1ccc(F)cc1)CC(=O)N2. The van der Waals surface area contributed by atoms with Crippen molar-refractivity contribution in [2.24, 2.45) is 7.05 Å². The third-order valence-electron chi connectivity index (χ3n) is 3.54. The predicted octanol–water partition coefficient (Wildman–Crippen LogP) is 2.34. The number of aryl methyl sites for hydroxylation is 2. The van der Waals surface area contributed by atoms with Crippen LogP contribution < -0.4 is 5.32 Å². The number of hydrogen-bond donors (Lipinski definition) is 1. The fraction of sp³-hybridized carbons (Fsp3) is 0.286. The minimum Gasteiger partial charge on any atom is -0.311 e. The Labute approximate surface area is 110 Å². The zero-order valence-electron chi connectivity index (χ0n) is 10.8. The van der Waals surface area contributed by atoms with Crippen LogP contribution in [0.4, 0.5) is 10.2 Å². The summed E-state index contributed by atoms with van der Waals surface area (Å²) in [6.45, 7) is 1.92. The number of hydrogen-bond acceptors (Lipinski definition) is 2. The van der Waals surface area contributed by atoms with E-state index in [1.165, 1.54) is 12.1 Å². The molecule has 19 heavy (non-hydrogen) atoms. The van der Waals surface area contributed by atoms with E-state index in [2.05, 4.69) is 10.4 Å². The molecule has 0 bridgehead atoms. The van der Waals surface area contributed by atoms with Gasteiger partial charge in [-0.2, -0.15) is 5.10 Å². The standard InChI is InChI=1S/C14H14FN3O/c1-8-13-11(9-3-5-10(15)6-4-9)7-12(19)16-14(13)18(2)17-8/h3-6,11H,7H2,1-2H3,(H,16,19)/t11-/m0/s1. The average molecular weight is 259 g/mol. The Kier molecular flexibility index (Phi) is 2.62. The molecule has 0 aliphatic carbocycles. The summed E-state index contributed by atoms with van der Waals surface area (Å²) in [6.07, 6.45) is 0.366. The van der Waals surface area contributed by atoms with Crippen LogP contribution in [0.5, 0.6) is 0 Å². The van der Waals surface area contributed by atoms with Crippen LogP contribution in [0.1, 0.15) is 29.2 Å². The summed E-state index contributed by atoms with van der Waals surface area (Å²) < 4.78 is 14.7. The fourth-order valence-corrected chi connectivity index (χ4v) is 2.69. The highest BCUT2D eigenvalue weighted by molar-refractivity contribution is 5.94. The highest BCUT2D eigenvalue weighted by Gasteiger charge is 2.31. The van der Waals surface area contributed by atoms with Crippen LogP contribution in [0.25, 0.3) is 0 Å². The maximum Gasteiger partial charge on any atom is 0.226 e. The van der Waals surface area contributed by atoms with Crippen LogP contribution in [0.2, 0.25) is 0 Å². The zero-order chi connectivity index (χ0) is 13.6. The second-order valence-electron chi connectivity index (χ2n) is 4.83. The summed E-state index contributed by atoms with van der Waals surface area (Å²) in [4.78, 5) is 11.8. The van der Waals surface area contributed by atoms with E-state index in [4.69, 9.17) is 0 Å². The Morgan fingerprint density at radius 3 is 2.74 bits per heavy atom. The first kappa shape index (κ1) is 11.9. The molecule has 3 rings (SSSR count). The molecule has 5 heteroatoms. The molecule has 1 N–H and O–H groups in total. The molecule has 0 unspecified atom stereocenters. The molecule has 0 saturated heterocycles. The smallest absolute Gasteiger partial charge is 0.226 e. The molecule has 0 saturated carbocycles. The summed E-state index contributed by atoms with van der Waals surface area (Å²) in [5, 5.41) is 7.20. The average Bonchev–Trinajstić information content (AvgIpc) is 2.65. The summed E-state index contributed by atoms with van der Waals surface area (Å²) in [6, 6.07) is 6.31. The molecular weight excluding hydrogens is 245 g/mol. The maximum absolute atomic E-state index is 13.0. The van der Waals surface area contributed by atoms with Crippen molar-refractivity contribution in [2.75, 3.05) is 5.32 Å². The van der Waals surface area contributed by atoms with Crippen molar-refractivity contribution < 1.29 is 9.18 Å². The van der Waals surface area contributed by atoms with Gasteiger partial charge in [-0.1, -0.05) is 12.1 Å². The highest BCUT2D eigenvalue weighted by Crippen LogP contribution is 2.38. The number of nitrogens with one attached hydrogen (secondary N) is 1. The van der Waals surface area contributed by atoms with Gasteiger partial charge in [0.05, 0.1) is 5.69 Å². The van der Waals surface area contributed by atoms with E-state index in [-0.39, 0.29) is 17.6 Å². The molecule has 1 aromatic carbocycles. The Morgan fingerprint density at radius 2 is 2.05 bits per heavy atom. The highest BCUT2D eigenvalue weighted by atomic mass is 19.1. The van der Waals surface area contributed by atoms with Crippen LogP contribution in [-0.2, 0) is 11.8 Å². The van der Waals surface area contributed by atoms with Crippen LogP contribution in [-0.4, -0.2) is 15.7 Å². The molecule has 1 aromatic heterocycles. The first-order valence-corrected chi connectivity index (χ1v) is 6.15. The van der Waals surface area contributed by atoms with Crippen molar-refractivity contribution in [3.63, 3.8) is 0 Å². The number of anilines is 1. The summed E-state index contributed by atoms with van der Waals surface area (Å²) in [5.74, 6) is 0.373. The lowest BCUT2D eigenvalue weighted by Gasteiger charge is -2.24. The predicted molar refractivity (Wildman–Crippen MR) is 69.4 cm³/mol. The van der Waals surface area contributed by atoms with E-state index < -0.39 is 0 Å². The monoisotopic (exact) mass is 259 g/mol. The normalized spacial score (nSPS) is 18.1. The first-order valence-electron chi connectivity index (χ1n) is 6.15. The summed E-state index contributed by atoms with van der Waals surface area (Å²) in [7, 11) is 1.80. The minimum absolute atomic E-state index is 0.0372. The number of fused-ring (bicyclic) bond motifs is 1. The number of benzene rings is 1. The van der Waals surface area contributed by atoms with Crippen LogP contribution >= 0.6 is 0 Å². The molecule has 0 fully saturated rings. The second kappa shape index (κ2) is 4.19. The van der Waals surface area contributed by atoms with Crippen molar-refractivity contribution in [1.82, 2.24) is 9.78 Å². The largest absolute Gasteiger partial charge is 0.311 e. The quantitative estimate of drug-likeness (QED) is 0.854. The molecule has 0 radical (unpaired) electrons. The van der Waals surface area contributed by atoms with Gasteiger partial charge in [0.1, 0.15) is 11.6 Å². The van der Waals surface area contributed by atoms with Gasteiger partial charge in [-0.3, -0.25) is 9.48 Å². The van der Waals surface area contributed by atoms with Crippen molar-refractivity contribution in [2.45, 2.75) is 19.3 Å². The van der Waals surface area contributed by atoms with Crippen molar-refractivity contribution in [3.8, 4) is 0 Å². The van der Waals surface area contributed by atoms with E-state index in [1.807, 2.05) is 6.92 Å². The Hall–Kier alpha value is -2.17. The summed E-state index contributed by atoms with van der Waals surface area (Å²) in [5.41, 5.74) is 2.86. The van der Waals surface area contributed by atoms with Gasteiger partial charge in [-0.05, 0) is 24.6 Å². The van der Waals surface area contributed by atoms with Gasteiger partial charge >= 0.3 is 0 Å². The lowest BCUT2D eigenvalue weighted by atomic mass is 9.86.